The molecule has 1 heterocycles. The molecular formula is C22H19ClN2O4. The van der Waals surface area contributed by atoms with Crippen LogP contribution in [0.4, 0.5) is 5.69 Å². The summed E-state index contributed by atoms with van der Waals surface area (Å²) < 4.78 is 10.8. The number of halogens is 1. The van der Waals surface area contributed by atoms with Crippen molar-refractivity contribution >= 4 is 29.2 Å². The lowest BCUT2D eigenvalue weighted by Crippen LogP contribution is -2.26. The van der Waals surface area contributed by atoms with Crippen molar-refractivity contribution in [3.8, 4) is 5.75 Å². The number of amides is 1. The van der Waals surface area contributed by atoms with E-state index in [-0.39, 0.29) is 5.69 Å². The van der Waals surface area contributed by atoms with Crippen LogP contribution in [0.2, 0.25) is 5.02 Å². The lowest BCUT2D eigenvalue weighted by molar-refractivity contribution is -0.125. The Morgan fingerprint density at radius 2 is 1.83 bits per heavy atom. The number of hydrogen-bond donors (Lipinski definition) is 1. The third kappa shape index (κ3) is 5.12. The highest BCUT2D eigenvalue weighted by Crippen LogP contribution is 2.28. The van der Waals surface area contributed by atoms with E-state index in [9.17, 15) is 9.59 Å². The van der Waals surface area contributed by atoms with E-state index in [2.05, 4.69) is 10.3 Å². The number of aryl methyl sites for hydroxylation is 1. The minimum Gasteiger partial charge on any atom is -0.495 e. The molecule has 2 aromatic carbocycles. The van der Waals surface area contributed by atoms with Crippen molar-refractivity contribution in [2.75, 3.05) is 12.4 Å². The van der Waals surface area contributed by atoms with Gasteiger partial charge in [0, 0.05) is 16.8 Å². The van der Waals surface area contributed by atoms with E-state index in [1.807, 2.05) is 19.1 Å². The fourth-order valence-electron chi connectivity index (χ4n) is 2.70. The summed E-state index contributed by atoms with van der Waals surface area (Å²) in [6, 6.07) is 17.1. The van der Waals surface area contributed by atoms with E-state index in [1.165, 1.54) is 19.4 Å². The molecule has 0 bridgehead atoms. The number of esters is 1. The summed E-state index contributed by atoms with van der Waals surface area (Å²) in [5, 5.41) is 3.13. The number of ether oxygens (including phenoxy) is 2. The molecule has 0 aliphatic carbocycles. The maximum absolute atomic E-state index is 13.0. The molecule has 3 aromatic rings. The van der Waals surface area contributed by atoms with Crippen LogP contribution < -0.4 is 10.1 Å². The van der Waals surface area contributed by atoms with Crippen molar-refractivity contribution in [1.29, 1.82) is 0 Å². The fraction of sp³-hybridized carbons (Fsp3) is 0.136. The average Bonchev–Trinajstić information content (AvgIpc) is 2.72. The molecule has 0 aliphatic heterocycles. The molecule has 29 heavy (non-hydrogen) atoms. The van der Waals surface area contributed by atoms with Gasteiger partial charge >= 0.3 is 5.97 Å². The number of methoxy groups -OCH3 is 1. The normalized spacial score (nSPS) is 11.4. The van der Waals surface area contributed by atoms with Crippen LogP contribution in [0.5, 0.6) is 5.75 Å². The van der Waals surface area contributed by atoms with Crippen LogP contribution in [0, 0.1) is 6.92 Å². The molecule has 1 N–H and O–H groups in total. The van der Waals surface area contributed by atoms with Crippen molar-refractivity contribution in [2.45, 2.75) is 13.0 Å². The Hall–Kier alpha value is -3.38. The molecular weight excluding hydrogens is 392 g/mol. The van der Waals surface area contributed by atoms with E-state index in [4.69, 9.17) is 21.1 Å². The number of carbonyl (C=O) groups is 2. The number of carbonyl (C=O) groups excluding carboxylic acids is 2. The van der Waals surface area contributed by atoms with Gasteiger partial charge in [-0.2, -0.15) is 0 Å². The monoisotopic (exact) mass is 410 g/mol. The third-order valence-corrected chi connectivity index (χ3v) is 4.34. The molecule has 0 unspecified atom stereocenters. The van der Waals surface area contributed by atoms with Crippen molar-refractivity contribution < 1.29 is 19.1 Å². The zero-order valence-corrected chi connectivity index (χ0v) is 16.6. The van der Waals surface area contributed by atoms with Gasteiger partial charge < -0.3 is 14.8 Å². The van der Waals surface area contributed by atoms with Gasteiger partial charge in [-0.1, -0.05) is 48.0 Å². The largest absolute Gasteiger partial charge is 0.495 e. The first kappa shape index (κ1) is 20.4. The van der Waals surface area contributed by atoms with Gasteiger partial charge in [0.05, 0.1) is 12.8 Å². The van der Waals surface area contributed by atoms with Gasteiger partial charge in [0.1, 0.15) is 11.4 Å². The number of aromatic nitrogens is 1. The van der Waals surface area contributed by atoms with Gasteiger partial charge in [0.25, 0.3) is 5.91 Å². The first-order valence-electron chi connectivity index (χ1n) is 8.81. The quantitative estimate of drug-likeness (QED) is 0.601. The highest BCUT2D eigenvalue weighted by atomic mass is 35.5. The van der Waals surface area contributed by atoms with E-state index in [0.29, 0.717) is 22.0 Å². The third-order valence-electron chi connectivity index (χ3n) is 4.11. The van der Waals surface area contributed by atoms with E-state index < -0.39 is 18.0 Å². The van der Waals surface area contributed by atoms with Gasteiger partial charge in [-0.3, -0.25) is 4.79 Å². The molecule has 0 radical (unpaired) electrons. The maximum atomic E-state index is 13.0. The number of hydrogen-bond acceptors (Lipinski definition) is 5. The van der Waals surface area contributed by atoms with Crippen LogP contribution >= 0.6 is 11.6 Å². The van der Waals surface area contributed by atoms with Crippen LogP contribution in [-0.2, 0) is 9.53 Å². The summed E-state index contributed by atoms with van der Waals surface area (Å²) in [5.74, 6) is -0.776. The number of nitrogens with zero attached hydrogens (tertiary/aromatic N) is 1. The molecule has 148 valence electrons. The van der Waals surface area contributed by atoms with Crippen molar-refractivity contribution in [3.05, 3.63) is 88.7 Å². The van der Waals surface area contributed by atoms with Crippen LogP contribution in [0.1, 0.15) is 27.7 Å². The summed E-state index contributed by atoms with van der Waals surface area (Å²) in [6.07, 6.45) is 0.211. The SMILES string of the molecule is COc1ccc(C)cc1NC(=O)[C@H](OC(=O)c1cc(Cl)ccn1)c1ccccc1. The van der Waals surface area contributed by atoms with Gasteiger partial charge in [-0.15, -0.1) is 0 Å². The predicted octanol–water partition coefficient (Wildman–Crippen LogP) is 4.59. The molecule has 0 saturated heterocycles. The summed E-state index contributed by atoms with van der Waals surface area (Å²) in [4.78, 5) is 29.6. The van der Waals surface area contributed by atoms with Crippen LogP contribution in [-0.4, -0.2) is 24.0 Å². The molecule has 0 saturated carbocycles. The lowest BCUT2D eigenvalue weighted by atomic mass is 10.1. The highest BCUT2D eigenvalue weighted by Gasteiger charge is 2.27. The molecule has 1 amide bonds. The Labute approximate surface area is 173 Å². The molecule has 7 heteroatoms. The van der Waals surface area contributed by atoms with Gasteiger partial charge in [0.15, 0.2) is 0 Å². The number of nitrogens with one attached hydrogen (secondary N) is 1. The molecule has 1 aromatic heterocycles. The maximum Gasteiger partial charge on any atom is 0.358 e. The first-order valence-corrected chi connectivity index (χ1v) is 9.18. The van der Waals surface area contributed by atoms with Crippen LogP contribution in [0.3, 0.4) is 0 Å². The van der Waals surface area contributed by atoms with Gasteiger partial charge in [-0.25, -0.2) is 9.78 Å². The molecule has 0 aliphatic rings. The molecule has 6 nitrogen and oxygen atoms in total. The first-order chi connectivity index (χ1) is 14.0. The number of rotatable bonds is 6. The van der Waals surface area contributed by atoms with Crippen LogP contribution in [0.15, 0.2) is 66.9 Å². The average molecular weight is 411 g/mol. The second-order valence-corrected chi connectivity index (χ2v) is 6.68. The van der Waals surface area contributed by atoms with Crippen molar-refractivity contribution in [1.82, 2.24) is 4.98 Å². The smallest absolute Gasteiger partial charge is 0.358 e. The summed E-state index contributed by atoms with van der Waals surface area (Å²) in [5.41, 5.74) is 1.96. The Kier molecular flexibility index (Phi) is 6.46. The van der Waals surface area contributed by atoms with Gasteiger partial charge in [-0.05, 0) is 36.8 Å². The molecule has 3 rings (SSSR count). The van der Waals surface area contributed by atoms with Crippen LogP contribution in [0.25, 0.3) is 0 Å². The zero-order chi connectivity index (χ0) is 20.8. The second-order valence-electron chi connectivity index (χ2n) is 6.25. The number of anilines is 1. The van der Waals surface area contributed by atoms with Crippen molar-refractivity contribution in [2.24, 2.45) is 0 Å². The highest BCUT2D eigenvalue weighted by molar-refractivity contribution is 6.30. The predicted molar refractivity (Wildman–Crippen MR) is 110 cm³/mol. The Balaban J connectivity index is 1.89. The topological polar surface area (TPSA) is 77.5 Å². The lowest BCUT2D eigenvalue weighted by Gasteiger charge is -2.19. The van der Waals surface area contributed by atoms with E-state index in [1.54, 1.807) is 42.5 Å². The summed E-state index contributed by atoms with van der Waals surface area (Å²) >= 11 is 5.92. The fourth-order valence-corrected chi connectivity index (χ4v) is 2.86. The number of benzene rings is 2. The number of pyridine rings is 1. The summed E-state index contributed by atoms with van der Waals surface area (Å²) in [6.45, 7) is 1.90. The Bertz CT molecular complexity index is 1020. The molecule has 0 spiro atoms. The molecule has 0 fully saturated rings. The Morgan fingerprint density at radius 3 is 2.52 bits per heavy atom. The standard InChI is InChI=1S/C22H19ClN2O4/c1-14-8-9-19(28-2)17(12-14)25-21(26)20(15-6-4-3-5-7-15)29-22(27)18-13-16(23)10-11-24-18/h3-13,20H,1-2H3,(H,25,26)/t20-/m1/s1. The summed E-state index contributed by atoms with van der Waals surface area (Å²) in [7, 11) is 1.51. The van der Waals surface area contributed by atoms with Gasteiger partial charge in [0.2, 0.25) is 6.10 Å². The van der Waals surface area contributed by atoms with Crippen molar-refractivity contribution in [3.63, 3.8) is 0 Å². The molecule has 1 atom stereocenters. The Morgan fingerprint density at radius 1 is 1.07 bits per heavy atom. The van der Waals surface area contributed by atoms with E-state index in [0.717, 1.165) is 5.56 Å². The van der Waals surface area contributed by atoms with E-state index >= 15 is 0 Å². The minimum atomic E-state index is -1.19. The zero-order valence-electron chi connectivity index (χ0n) is 15.9. The minimum absolute atomic E-state index is 0.0133. The second kappa shape index (κ2) is 9.21.